The second-order valence-corrected chi connectivity index (χ2v) is 5.50. The van der Waals surface area contributed by atoms with E-state index in [0.717, 1.165) is 0 Å². The number of nitro groups is 1. The molecule has 0 radical (unpaired) electrons. The second-order valence-electron chi connectivity index (χ2n) is 4.69. The van der Waals surface area contributed by atoms with Gasteiger partial charge in [0.15, 0.2) is 5.75 Å². The van der Waals surface area contributed by atoms with E-state index >= 15 is 0 Å². The molecule has 1 N–H and O–H groups in total. The van der Waals surface area contributed by atoms with Gasteiger partial charge < -0.3 is 5.11 Å². The van der Waals surface area contributed by atoms with Gasteiger partial charge in [0.05, 0.1) is 15.0 Å². The van der Waals surface area contributed by atoms with Crippen LogP contribution in [-0.2, 0) is 17.6 Å². The van der Waals surface area contributed by atoms with Gasteiger partial charge in [0.25, 0.3) is 5.69 Å². The molecule has 0 unspecified atom stereocenters. The fourth-order valence-electron chi connectivity index (χ4n) is 2.06. The Balaban J connectivity index is 2.16. The van der Waals surface area contributed by atoms with Crippen molar-refractivity contribution in [2.75, 3.05) is 0 Å². The van der Waals surface area contributed by atoms with Gasteiger partial charge in [-0.25, -0.2) is 0 Å². The predicted octanol–water partition coefficient (Wildman–Crippen LogP) is 3.96. The highest BCUT2D eigenvalue weighted by atomic mass is 35.5. The normalized spacial score (nSPS) is 10.5. The van der Waals surface area contributed by atoms with Gasteiger partial charge in [-0.05, 0) is 17.7 Å². The summed E-state index contributed by atoms with van der Waals surface area (Å²) in [6.07, 6.45) is -0.0426. The molecule has 0 atom stereocenters. The maximum absolute atomic E-state index is 12.1. The molecular formula is C15H11Cl2NO4. The fourth-order valence-corrected chi connectivity index (χ4v) is 2.59. The minimum absolute atomic E-state index is 0.0196. The average Bonchev–Trinajstić information content (AvgIpc) is 2.44. The number of aromatic hydroxyl groups is 1. The number of carbonyl (C=O) groups excluding carboxylic acids is 1. The summed E-state index contributed by atoms with van der Waals surface area (Å²) >= 11 is 11.6. The molecule has 0 spiro atoms. The van der Waals surface area contributed by atoms with Gasteiger partial charge >= 0.3 is 0 Å². The van der Waals surface area contributed by atoms with Crippen molar-refractivity contribution in [1.29, 1.82) is 0 Å². The van der Waals surface area contributed by atoms with Gasteiger partial charge in [-0.1, -0.05) is 41.4 Å². The van der Waals surface area contributed by atoms with Crippen molar-refractivity contribution in [2.45, 2.75) is 12.8 Å². The van der Waals surface area contributed by atoms with Gasteiger partial charge in [-0.15, -0.1) is 0 Å². The first-order valence-electron chi connectivity index (χ1n) is 6.29. The van der Waals surface area contributed by atoms with Crippen molar-refractivity contribution in [3.05, 3.63) is 67.7 Å². The number of phenols is 1. The minimum atomic E-state index is -0.517. The van der Waals surface area contributed by atoms with Gasteiger partial charge in [-0.3, -0.25) is 14.9 Å². The third-order valence-corrected chi connectivity index (χ3v) is 3.63. The number of carbonyl (C=O) groups is 1. The molecule has 0 aliphatic carbocycles. The van der Waals surface area contributed by atoms with Crippen molar-refractivity contribution in [1.82, 2.24) is 0 Å². The molecule has 7 heteroatoms. The molecule has 0 fully saturated rings. The topological polar surface area (TPSA) is 80.4 Å². The number of ketones is 1. The SMILES string of the molecule is O=C(Cc1cc(Cl)c(O)c(Cl)c1)Cc1ccccc1[N+](=O)[O-]. The first kappa shape index (κ1) is 16.3. The van der Waals surface area contributed by atoms with E-state index in [1.165, 1.54) is 18.2 Å². The summed E-state index contributed by atoms with van der Waals surface area (Å²) in [6.45, 7) is 0. The summed E-state index contributed by atoms with van der Waals surface area (Å²) in [5.41, 5.74) is 0.808. The van der Waals surface area contributed by atoms with Crippen LogP contribution < -0.4 is 0 Å². The monoisotopic (exact) mass is 339 g/mol. The number of rotatable bonds is 5. The molecule has 0 aromatic heterocycles. The molecule has 0 bridgehead atoms. The van der Waals surface area contributed by atoms with Crippen LogP contribution >= 0.6 is 23.2 Å². The van der Waals surface area contributed by atoms with E-state index in [-0.39, 0.29) is 40.1 Å². The Morgan fingerprint density at radius 2 is 1.73 bits per heavy atom. The van der Waals surface area contributed by atoms with Crippen molar-refractivity contribution >= 4 is 34.7 Å². The number of phenolic OH excluding ortho intramolecular Hbond substituents is 1. The zero-order valence-corrected chi connectivity index (χ0v) is 12.8. The largest absolute Gasteiger partial charge is 0.505 e. The molecule has 2 aromatic carbocycles. The molecule has 2 aromatic rings. The summed E-state index contributed by atoms with van der Waals surface area (Å²) in [5.74, 6) is -0.453. The lowest BCUT2D eigenvalue weighted by molar-refractivity contribution is -0.385. The number of nitro benzene ring substituents is 1. The van der Waals surface area contributed by atoms with E-state index in [1.807, 2.05) is 0 Å². The van der Waals surface area contributed by atoms with Crippen LogP contribution in [0.4, 0.5) is 5.69 Å². The Morgan fingerprint density at radius 3 is 2.32 bits per heavy atom. The number of para-hydroxylation sites is 1. The number of halogens is 2. The Morgan fingerprint density at radius 1 is 1.14 bits per heavy atom. The Bertz CT molecular complexity index is 723. The molecule has 0 aliphatic heterocycles. The third kappa shape index (κ3) is 3.75. The Kier molecular flexibility index (Phi) is 5.00. The quantitative estimate of drug-likeness (QED) is 0.660. The lowest BCUT2D eigenvalue weighted by atomic mass is 10.0. The predicted molar refractivity (Wildman–Crippen MR) is 83.6 cm³/mol. The van der Waals surface area contributed by atoms with Gasteiger partial charge in [0.1, 0.15) is 5.78 Å². The summed E-state index contributed by atoms with van der Waals surface area (Å²) < 4.78 is 0. The molecule has 5 nitrogen and oxygen atoms in total. The van der Waals surface area contributed by atoms with Gasteiger partial charge in [0, 0.05) is 24.5 Å². The van der Waals surface area contributed by atoms with Crippen LogP contribution in [-0.4, -0.2) is 15.8 Å². The zero-order chi connectivity index (χ0) is 16.3. The maximum Gasteiger partial charge on any atom is 0.273 e. The van der Waals surface area contributed by atoms with Crippen LogP contribution in [0.2, 0.25) is 10.0 Å². The molecule has 0 saturated heterocycles. The first-order chi connectivity index (χ1) is 10.4. The van der Waals surface area contributed by atoms with E-state index in [4.69, 9.17) is 23.2 Å². The lowest BCUT2D eigenvalue weighted by Gasteiger charge is -2.06. The van der Waals surface area contributed by atoms with E-state index in [9.17, 15) is 20.0 Å². The number of Topliss-reactive ketones (excluding diaryl/α,β-unsaturated/α-hetero) is 1. The second kappa shape index (κ2) is 6.77. The standard InChI is InChI=1S/C15H11Cl2NO4/c16-12-6-9(7-13(17)15(12)20)5-11(19)8-10-3-1-2-4-14(10)18(21)22/h1-4,6-7,20H,5,8H2. The highest BCUT2D eigenvalue weighted by Crippen LogP contribution is 2.33. The van der Waals surface area contributed by atoms with Gasteiger partial charge in [-0.2, -0.15) is 0 Å². The molecule has 0 amide bonds. The van der Waals surface area contributed by atoms with Crippen molar-refractivity contribution in [3.63, 3.8) is 0 Å². The number of hydrogen-bond donors (Lipinski definition) is 1. The van der Waals surface area contributed by atoms with Crippen LogP contribution in [0.15, 0.2) is 36.4 Å². The smallest absolute Gasteiger partial charge is 0.273 e. The van der Waals surface area contributed by atoms with Crippen molar-refractivity contribution in [3.8, 4) is 5.75 Å². The Hall–Kier alpha value is -2.11. The molecule has 0 heterocycles. The summed E-state index contributed by atoms with van der Waals surface area (Å²) in [5, 5.41) is 20.5. The van der Waals surface area contributed by atoms with E-state index in [1.54, 1.807) is 18.2 Å². The lowest BCUT2D eigenvalue weighted by Crippen LogP contribution is -2.08. The molecule has 22 heavy (non-hydrogen) atoms. The number of benzene rings is 2. The van der Waals surface area contributed by atoms with Crippen LogP contribution in [0.5, 0.6) is 5.75 Å². The summed E-state index contributed by atoms with van der Waals surface area (Å²) in [6, 6.07) is 8.99. The van der Waals surface area contributed by atoms with Crippen molar-refractivity contribution < 1.29 is 14.8 Å². The van der Waals surface area contributed by atoms with Crippen LogP contribution in [0.1, 0.15) is 11.1 Å². The van der Waals surface area contributed by atoms with E-state index < -0.39 is 4.92 Å². The van der Waals surface area contributed by atoms with Gasteiger partial charge in [0.2, 0.25) is 0 Å². The highest BCUT2D eigenvalue weighted by Gasteiger charge is 2.16. The molecule has 2 rings (SSSR count). The first-order valence-corrected chi connectivity index (χ1v) is 7.05. The zero-order valence-electron chi connectivity index (χ0n) is 11.3. The number of nitrogens with zero attached hydrogens (tertiary/aromatic N) is 1. The highest BCUT2D eigenvalue weighted by molar-refractivity contribution is 6.37. The third-order valence-electron chi connectivity index (χ3n) is 3.05. The maximum atomic E-state index is 12.1. The molecule has 114 valence electrons. The van der Waals surface area contributed by atoms with E-state index in [0.29, 0.717) is 11.1 Å². The van der Waals surface area contributed by atoms with Crippen molar-refractivity contribution in [2.24, 2.45) is 0 Å². The average molecular weight is 340 g/mol. The molecule has 0 saturated carbocycles. The molecular weight excluding hydrogens is 329 g/mol. The minimum Gasteiger partial charge on any atom is -0.505 e. The van der Waals surface area contributed by atoms with E-state index in [2.05, 4.69) is 0 Å². The van der Waals surface area contributed by atoms with Crippen LogP contribution in [0, 0.1) is 10.1 Å². The Labute approximate surface area is 136 Å². The van der Waals surface area contributed by atoms with Crippen LogP contribution in [0.3, 0.4) is 0 Å². The van der Waals surface area contributed by atoms with Crippen LogP contribution in [0.25, 0.3) is 0 Å². The fraction of sp³-hybridized carbons (Fsp3) is 0.133. The summed E-state index contributed by atoms with van der Waals surface area (Å²) in [7, 11) is 0. The summed E-state index contributed by atoms with van der Waals surface area (Å²) in [4.78, 5) is 22.5. The molecule has 0 aliphatic rings. The number of hydrogen-bond acceptors (Lipinski definition) is 4.